The number of hydrogen-bond acceptors (Lipinski definition) is 3. The molecule has 4 heteroatoms. The number of halogens is 1. The Balaban J connectivity index is 4.05. The predicted molar refractivity (Wildman–Crippen MR) is 67.3 cm³/mol. The molecule has 0 radical (unpaired) electrons. The Morgan fingerprint density at radius 2 is 1.81 bits per heavy atom. The highest BCUT2D eigenvalue weighted by molar-refractivity contribution is 9.09. The molecule has 90 valence electrons. The number of carbonyl (C=O) groups is 2. The molecule has 0 saturated carbocycles. The highest BCUT2D eigenvalue weighted by Gasteiger charge is 2.02. The monoisotopic (exact) mass is 288 g/mol. The topological polar surface area (TPSA) is 43.4 Å². The van der Waals surface area contributed by atoms with Crippen molar-refractivity contribution in [3.63, 3.8) is 0 Å². The van der Waals surface area contributed by atoms with Gasteiger partial charge >= 0.3 is 11.9 Å². The van der Waals surface area contributed by atoms with Crippen molar-refractivity contribution < 1.29 is 14.3 Å². The van der Waals surface area contributed by atoms with E-state index in [1.807, 2.05) is 13.8 Å². The van der Waals surface area contributed by atoms with Gasteiger partial charge in [0, 0.05) is 18.3 Å². The van der Waals surface area contributed by atoms with Crippen LogP contribution in [0.25, 0.3) is 0 Å². The molecule has 0 spiro atoms. The first-order valence-corrected chi connectivity index (χ1v) is 6.19. The average Bonchev–Trinajstić information content (AvgIpc) is 2.15. The predicted octanol–water partition coefficient (Wildman–Crippen LogP) is 3.14. The van der Waals surface area contributed by atoms with E-state index in [0.717, 1.165) is 23.7 Å². The molecule has 0 rings (SSSR count). The molecule has 0 aromatic heterocycles. The van der Waals surface area contributed by atoms with Gasteiger partial charge in [0.05, 0.1) is 0 Å². The van der Waals surface area contributed by atoms with Gasteiger partial charge in [0.15, 0.2) is 0 Å². The van der Waals surface area contributed by atoms with Crippen molar-refractivity contribution in [2.24, 2.45) is 0 Å². The number of alkyl halides is 1. The van der Waals surface area contributed by atoms with Crippen LogP contribution in [0.15, 0.2) is 23.3 Å². The fourth-order valence-electron chi connectivity index (χ4n) is 1.05. The van der Waals surface area contributed by atoms with Crippen LogP contribution in [0.1, 0.15) is 33.6 Å². The van der Waals surface area contributed by atoms with Gasteiger partial charge in [-0.05, 0) is 26.7 Å². The normalized spacial score (nSPS) is 12.5. The first-order chi connectivity index (χ1) is 7.45. The number of rotatable bonds is 5. The van der Waals surface area contributed by atoms with Gasteiger partial charge in [0.2, 0.25) is 0 Å². The van der Waals surface area contributed by atoms with Gasteiger partial charge in [-0.1, -0.05) is 33.2 Å². The van der Waals surface area contributed by atoms with Gasteiger partial charge in [0.1, 0.15) is 0 Å². The molecule has 0 atom stereocenters. The molecule has 3 nitrogen and oxygen atoms in total. The summed E-state index contributed by atoms with van der Waals surface area (Å²) < 4.78 is 4.39. The lowest BCUT2D eigenvalue weighted by Crippen LogP contribution is -2.06. The standard InChI is InChI=1S/C12H17BrO3/c1-9(5-4-6-10(2)8-13)7-12(15)16-11(3)14/h6-7H,4-5,8H2,1-3H3/b9-7+,10-6+. The molecule has 0 aromatic rings. The van der Waals surface area contributed by atoms with Gasteiger partial charge in [-0.3, -0.25) is 4.79 Å². The van der Waals surface area contributed by atoms with E-state index in [2.05, 4.69) is 26.7 Å². The number of carbonyl (C=O) groups excluding carboxylic acids is 2. The van der Waals surface area contributed by atoms with E-state index in [-0.39, 0.29) is 0 Å². The maximum absolute atomic E-state index is 11.1. The minimum absolute atomic E-state index is 0.580. The Hall–Kier alpha value is -0.900. The molecule has 0 aromatic carbocycles. The van der Waals surface area contributed by atoms with E-state index in [9.17, 15) is 9.59 Å². The fraction of sp³-hybridized carbons (Fsp3) is 0.500. The highest BCUT2D eigenvalue weighted by Crippen LogP contribution is 2.08. The zero-order valence-corrected chi connectivity index (χ0v) is 11.5. The molecule has 0 heterocycles. The Bertz CT molecular complexity index is 316. The van der Waals surface area contributed by atoms with Crippen LogP contribution in [0.2, 0.25) is 0 Å². The van der Waals surface area contributed by atoms with Gasteiger partial charge in [-0.15, -0.1) is 0 Å². The molecule has 0 fully saturated rings. The summed E-state index contributed by atoms with van der Waals surface area (Å²) in [7, 11) is 0. The third-order valence-electron chi connectivity index (χ3n) is 1.85. The smallest absolute Gasteiger partial charge is 0.338 e. The molecule has 0 bridgehead atoms. The second-order valence-corrected chi connectivity index (χ2v) is 4.19. The molecule has 0 aliphatic heterocycles. The third-order valence-corrected chi connectivity index (χ3v) is 2.74. The number of esters is 2. The SMILES string of the molecule is CC(=O)OC(=O)/C=C(\C)CC/C=C(\C)CBr. The Kier molecular flexibility index (Phi) is 7.81. The van der Waals surface area contributed by atoms with E-state index >= 15 is 0 Å². The summed E-state index contributed by atoms with van der Waals surface area (Å²) >= 11 is 3.35. The maximum Gasteiger partial charge on any atom is 0.338 e. The summed E-state index contributed by atoms with van der Waals surface area (Å²) in [6, 6.07) is 0. The molecular formula is C12H17BrO3. The van der Waals surface area contributed by atoms with Crippen LogP contribution in [-0.2, 0) is 14.3 Å². The number of ether oxygens (including phenoxy) is 1. The van der Waals surface area contributed by atoms with Gasteiger partial charge in [-0.2, -0.15) is 0 Å². The van der Waals surface area contributed by atoms with Crippen molar-refractivity contribution in [2.45, 2.75) is 33.6 Å². The second kappa shape index (κ2) is 8.28. The average molecular weight is 289 g/mol. The lowest BCUT2D eigenvalue weighted by molar-refractivity contribution is -0.154. The molecule has 0 amide bonds. The quantitative estimate of drug-likeness (QED) is 0.257. The van der Waals surface area contributed by atoms with Gasteiger partial charge in [0.25, 0.3) is 0 Å². The van der Waals surface area contributed by atoms with E-state index in [1.165, 1.54) is 18.6 Å². The van der Waals surface area contributed by atoms with Crippen LogP contribution >= 0.6 is 15.9 Å². The lowest BCUT2D eigenvalue weighted by atomic mass is 10.1. The molecule has 0 aliphatic carbocycles. The van der Waals surface area contributed by atoms with E-state index in [4.69, 9.17) is 0 Å². The van der Waals surface area contributed by atoms with Crippen molar-refractivity contribution >= 4 is 27.9 Å². The Labute approximate surface area is 105 Å². The van der Waals surface area contributed by atoms with Gasteiger partial charge < -0.3 is 4.74 Å². The number of allylic oxidation sites excluding steroid dienone is 3. The maximum atomic E-state index is 11.1. The van der Waals surface area contributed by atoms with E-state index < -0.39 is 11.9 Å². The lowest BCUT2D eigenvalue weighted by Gasteiger charge is -1.99. The molecule has 0 unspecified atom stereocenters. The molecule has 0 saturated heterocycles. The number of hydrogen-bond donors (Lipinski definition) is 0. The molecular weight excluding hydrogens is 272 g/mol. The van der Waals surface area contributed by atoms with Crippen LogP contribution in [0.5, 0.6) is 0 Å². The minimum Gasteiger partial charge on any atom is -0.390 e. The van der Waals surface area contributed by atoms with Crippen LogP contribution in [0.4, 0.5) is 0 Å². The molecule has 0 aliphatic rings. The Morgan fingerprint density at radius 3 is 2.31 bits per heavy atom. The molecule has 0 N–H and O–H groups in total. The summed E-state index contributed by atoms with van der Waals surface area (Å²) in [6.07, 6.45) is 5.14. The first-order valence-electron chi connectivity index (χ1n) is 5.07. The second-order valence-electron chi connectivity index (χ2n) is 3.63. The van der Waals surface area contributed by atoms with Crippen molar-refractivity contribution in [2.75, 3.05) is 5.33 Å². The fourth-order valence-corrected chi connectivity index (χ4v) is 1.27. The molecule has 16 heavy (non-hydrogen) atoms. The summed E-state index contributed by atoms with van der Waals surface area (Å²) in [4.78, 5) is 21.6. The summed E-state index contributed by atoms with van der Waals surface area (Å²) in [6.45, 7) is 5.10. The highest BCUT2D eigenvalue weighted by atomic mass is 79.9. The van der Waals surface area contributed by atoms with Crippen LogP contribution in [0, 0.1) is 0 Å². The van der Waals surface area contributed by atoms with Crippen molar-refractivity contribution in [1.29, 1.82) is 0 Å². The zero-order valence-electron chi connectivity index (χ0n) is 9.88. The van der Waals surface area contributed by atoms with E-state index in [1.54, 1.807) is 0 Å². The van der Waals surface area contributed by atoms with Crippen LogP contribution in [0.3, 0.4) is 0 Å². The largest absolute Gasteiger partial charge is 0.390 e. The van der Waals surface area contributed by atoms with Crippen molar-refractivity contribution in [3.05, 3.63) is 23.3 Å². The van der Waals surface area contributed by atoms with Gasteiger partial charge in [-0.25, -0.2) is 4.79 Å². The summed E-state index contributed by atoms with van der Waals surface area (Å²) in [5.74, 6) is -1.17. The van der Waals surface area contributed by atoms with E-state index in [0.29, 0.717) is 0 Å². The van der Waals surface area contributed by atoms with Crippen molar-refractivity contribution in [1.82, 2.24) is 0 Å². The summed E-state index contributed by atoms with van der Waals surface area (Å²) in [5, 5.41) is 0.863. The Morgan fingerprint density at radius 1 is 1.19 bits per heavy atom. The van der Waals surface area contributed by atoms with Crippen LogP contribution in [-0.4, -0.2) is 17.3 Å². The first kappa shape index (κ1) is 15.1. The minimum atomic E-state index is -0.591. The third kappa shape index (κ3) is 8.41. The summed E-state index contributed by atoms with van der Waals surface area (Å²) in [5.41, 5.74) is 2.17. The zero-order chi connectivity index (χ0) is 12.6. The van der Waals surface area contributed by atoms with Crippen molar-refractivity contribution in [3.8, 4) is 0 Å². The van der Waals surface area contributed by atoms with Crippen LogP contribution < -0.4 is 0 Å².